The van der Waals surface area contributed by atoms with Crippen LogP contribution in [0.2, 0.25) is 0 Å². The summed E-state index contributed by atoms with van der Waals surface area (Å²) in [5, 5.41) is 0.745. The van der Waals surface area contributed by atoms with E-state index < -0.39 is 0 Å². The van der Waals surface area contributed by atoms with Gasteiger partial charge in [-0.05, 0) is 56.3 Å². The summed E-state index contributed by atoms with van der Waals surface area (Å²) in [4.78, 5) is 12.4. The van der Waals surface area contributed by atoms with Gasteiger partial charge in [-0.1, -0.05) is 0 Å². The summed E-state index contributed by atoms with van der Waals surface area (Å²) in [6, 6.07) is 11.7. The fraction of sp³-hybridized carbons (Fsp3) is 0.211. The zero-order valence-corrected chi connectivity index (χ0v) is 13.8. The van der Waals surface area contributed by atoms with E-state index in [-0.39, 0.29) is 11.8 Å². The smallest absolute Gasteiger partial charge is 0.340 e. The van der Waals surface area contributed by atoms with Crippen molar-refractivity contribution < 1.29 is 18.7 Å². The van der Waals surface area contributed by atoms with Gasteiger partial charge in [0.05, 0.1) is 24.8 Å². The lowest BCUT2D eigenvalue weighted by Gasteiger charge is -2.09. The van der Waals surface area contributed by atoms with Crippen LogP contribution in [0, 0.1) is 12.7 Å². The predicted molar refractivity (Wildman–Crippen MR) is 90.5 cm³/mol. The van der Waals surface area contributed by atoms with Crippen LogP contribution in [-0.2, 0) is 4.74 Å². The number of halogens is 1. The summed E-state index contributed by atoms with van der Waals surface area (Å²) in [6.45, 7) is 3.92. The Hall–Kier alpha value is -2.82. The number of methoxy groups -OCH3 is 1. The van der Waals surface area contributed by atoms with Gasteiger partial charge in [0.2, 0.25) is 0 Å². The van der Waals surface area contributed by atoms with Crippen molar-refractivity contribution in [1.82, 2.24) is 4.57 Å². The van der Waals surface area contributed by atoms with Gasteiger partial charge in [0.25, 0.3) is 0 Å². The lowest BCUT2D eigenvalue weighted by Crippen LogP contribution is -2.07. The number of carbonyl (C=O) groups excluding carboxylic acids is 1. The fourth-order valence-electron chi connectivity index (χ4n) is 2.91. The van der Waals surface area contributed by atoms with Crippen LogP contribution in [0.4, 0.5) is 4.39 Å². The van der Waals surface area contributed by atoms with Crippen LogP contribution < -0.4 is 4.74 Å². The molecule has 4 nitrogen and oxygen atoms in total. The number of carbonyl (C=O) groups is 1. The van der Waals surface area contributed by atoms with Gasteiger partial charge in [0.15, 0.2) is 0 Å². The van der Waals surface area contributed by atoms with Crippen molar-refractivity contribution in [3.8, 4) is 11.4 Å². The van der Waals surface area contributed by atoms with Crippen molar-refractivity contribution in [3.63, 3.8) is 0 Å². The second-order valence-corrected chi connectivity index (χ2v) is 5.38. The lowest BCUT2D eigenvalue weighted by molar-refractivity contribution is 0.0527. The van der Waals surface area contributed by atoms with Gasteiger partial charge in [0.1, 0.15) is 11.6 Å². The number of aromatic nitrogens is 1. The van der Waals surface area contributed by atoms with Gasteiger partial charge in [-0.2, -0.15) is 0 Å². The summed E-state index contributed by atoms with van der Waals surface area (Å²) < 4.78 is 25.6. The number of hydrogen-bond donors (Lipinski definition) is 0. The highest BCUT2D eigenvalue weighted by molar-refractivity contribution is 6.07. The van der Waals surface area contributed by atoms with E-state index in [4.69, 9.17) is 9.47 Å². The van der Waals surface area contributed by atoms with E-state index in [9.17, 15) is 9.18 Å². The van der Waals surface area contributed by atoms with Gasteiger partial charge in [-0.3, -0.25) is 0 Å². The largest absolute Gasteiger partial charge is 0.497 e. The number of nitrogens with zero attached hydrogens (tertiary/aromatic N) is 1. The first-order valence-corrected chi connectivity index (χ1v) is 7.69. The molecule has 124 valence electrons. The second kappa shape index (κ2) is 6.35. The minimum atomic E-state index is -0.380. The summed E-state index contributed by atoms with van der Waals surface area (Å²) >= 11 is 0. The topological polar surface area (TPSA) is 40.5 Å². The molecule has 1 heterocycles. The maximum Gasteiger partial charge on any atom is 0.340 e. The van der Waals surface area contributed by atoms with E-state index in [1.165, 1.54) is 12.1 Å². The standard InChI is InChI=1S/C19H18FNO3/c1-4-24-19(22)18-12(2)21(14-7-5-13(20)6-8-14)17-10-9-15(23-3)11-16(17)18/h5-11H,4H2,1-3H3. The molecule has 0 saturated heterocycles. The maximum atomic E-state index is 13.2. The summed E-state index contributed by atoms with van der Waals surface area (Å²) in [7, 11) is 1.58. The minimum absolute atomic E-state index is 0.297. The van der Waals surface area contributed by atoms with Crippen LogP contribution in [0.3, 0.4) is 0 Å². The molecule has 0 atom stereocenters. The molecule has 0 N–H and O–H groups in total. The molecule has 1 aromatic heterocycles. The third-order valence-corrected chi connectivity index (χ3v) is 3.98. The average Bonchev–Trinajstić information content (AvgIpc) is 2.87. The van der Waals surface area contributed by atoms with E-state index in [2.05, 4.69) is 0 Å². The lowest BCUT2D eigenvalue weighted by atomic mass is 10.1. The van der Waals surface area contributed by atoms with Crippen molar-refractivity contribution in [2.45, 2.75) is 13.8 Å². The minimum Gasteiger partial charge on any atom is -0.497 e. The van der Waals surface area contributed by atoms with Crippen LogP contribution >= 0.6 is 0 Å². The van der Waals surface area contributed by atoms with Crippen LogP contribution in [0.5, 0.6) is 5.75 Å². The zero-order chi connectivity index (χ0) is 17.3. The molecule has 0 unspecified atom stereocenters. The molecule has 3 aromatic rings. The molecule has 0 radical (unpaired) electrons. The highest BCUT2D eigenvalue weighted by atomic mass is 19.1. The van der Waals surface area contributed by atoms with E-state index in [0.717, 1.165) is 22.3 Å². The average molecular weight is 327 g/mol. The highest BCUT2D eigenvalue weighted by Gasteiger charge is 2.22. The molecular weight excluding hydrogens is 309 g/mol. The Balaban J connectivity index is 2.31. The van der Waals surface area contributed by atoms with E-state index in [0.29, 0.717) is 17.9 Å². The van der Waals surface area contributed by atoms with Gasteiger partial charge in [-0.25, -0.2) is 9.18 Å². The first-order valence-electron chi connectivity index (χ1n) is 7.69. The number of ether oxygens (including phenoxy) is 2. The summed E-state index contributed by atoms with van der Waals surface area (Å²) in [6.07, 6.45) is 0. The van der Waals surface area contributed by atoms with Crippen LogP contribution in [0.15, 0.2) is 42.5 Å². The molecular formula is C19H18FNO3. The SMILES string of the molecule is CCOC(=O)c1c(C)n(-c2ccc(F)cc2)c2ccc(OC)cc12. The third-order valence-electron chi connectivity index (χ3n) is 3.98. The number of hydrogen-bond acceptors (Lipinski definition) is 3. The first-order chi connectivity index (χ1) is 11.6. The van der Waals surface area contributed by atoms with Crippen LogP contribution in [0.25, 0.3) is 16.6 Å². The van der Waals surface area contributed by atoms with Gasteiger partial charge >= 0.3 is 5.97 Å². The molecule has 2 aromatic carbocycles. The first kappa shape index (κ1) is 16.1. The molecule has 0 amide bonds. The van der Waals surface area contributed by atoms with Crippen molar-refractivity contribution >= 4 is 16.9 Å². The molecule has 0 bridgehead atoms. The molecule has 3 rings (SSSR count). The number of rotatable bonds is 4. The van der Waals surface area contributed by atoms with Crippen molar-refractivity contribution in [2.75, 3.05) is 13.7 Å². The number of esters is 1. The quantitative estimate of drug-likeness (QED) is 0.672. The Morgan fingerprint density at radius 1 is 1.17 bits per heavy atom. The van der Waals surface area contributed by atoms with Crippen LogP contribution in [0.1, 0.15) is 23.0 Å². The highest BCUT2D eigenvalue weighted by Crippen LogP contribution is 2.32. The molecule has 5 heteroatoms. The Morgan fingerprint density at radius 2 is 1.88 bits per heavy atom. The van der Waals surface area contributed by atoms with Crippen molar-refractivity contribution in [2.24, 2.45) is 0 Å². The Bertz CT molecular complexity index is 897. The number of fused-ring (bicyclic) bond motifs is 1. The van der Waals surface area contributed by atoms with E-state index >= 15 is 0 Å². The molecule has 0 aliphatic rings. The number of benzene rings is 2. The monoisotopic (exact) mass is 327 g/mol. The summed E-state index contributed by atoms with van der Waals surface area (Å²) in [5.74, 6) is -0.0291. The molecule has 0 spiro atoms. The van der Waals surface area contributed by atoms with Gasteiger partial charge in [0, 0.05) is 16.8 Å². The predicted octanol–water partition coefficient (Wildman–Crippen LogP) is 4.26. The molecule has 24 heavy (non-hydrogen) atoms. The molecule has 0 fully saturated rings. The third kappa shape index (κ3) is 2.62. The molecule has 0 saturated carbocycles. The molecule has 0 aliphatic heterocycles. The summed E-state index contributed by atoms with van der Waals surface area (Å²) in [5.41, 5.74) is 2.85. The second-order valence-electron chi connectivity index (χ2n) is 5.38. The van der Waals surface area contributed by atoms with E-state index in [1.54, 1.807) is 26.2 Å². The van der Waals surface area contributed by atoms with Crippen LogP contribution in [-0.4, -0.2) is 24.3 Å². The van der Waals surface area contributed by atoms with Gasteiger partial charge in [-0.15, -0.1) is 0 Å². The zero-order valence-electron chi connectivity index (χ0n) is 13.8. The molecule has 0 aliphatic carbocycles. The van der Waals surface area contributed by atoms with Crippen molar-refractivity contribution in [1.29, 1.82) is 0 Å². The van der Waals surface area contributed by atoms with Gasteiger partial charge < -0.3 is 14.0 Å². The fourth-order valence-corrected chi connectivity index (χ4v) is 2.91. The Morgan fingerprint density at radius 3 is 2.50 bits per heavy atom. The Labute approximate surface area is 139 Å². The van der Waals surface area contributed by atoms with E-state index in [1.807, 2.05) is 29.7 Å². The Kier molecular flexibility index (Phi) is 4.25. The van der Waals surface area contributed by atoms with Crippen molar-refractivity contribution in [3.05, 3.63) is 59.5 Å². The maximum absolute atomic E-state index is 13.2. The normalized spacial score (nSPS) is 10.8.